The number of aromatic nitrogens is 2. The Kier molecular flexibility index (Phi) is 9.28. The molecule has 0 aliphatic rings. The first-order valence-corrected chi connectivity index (χ1v) is 7.72. The predicted molar refractivity (Wildman–Crippen MR) is 86.5 cm³/mol. The Morgan fingerprint density at radius 1 is 1.29 bits per heavy atom. The minimum absolute atomic E-state index is 0.696. The van der Waals surface area contributed by atoms with E-state index in [0.29, 0.717) is 12.5 Å². The molecule has 1 heterocycles. The summed E-state index contributed by atoms with van der Waals surface area (Å²) in [5.74, 6) is 1.52. The van der Waals surface area contributed by atoms with E-state index in [2.05, 4.69) is 34.6 Å². The highest BCUT2D eigenvalue weighted by molar-refractivity contribution is 5.79. The lowest BCUT2D eigenvalue weighted by atomic mass is 10.1. The van der Waals surface area contributed by atoms with E-state index in [9.17, 15) is 0 Å². The number of hydrogen-bond acceptors (Lipinski definition) is 3. The molecule has 1 rings (SSSR count). The molecule has 6 heteroatoms. The van der Waals surface area contributed by atoms with Crippen molar-refractivity contribution in [2.24, 2.45) is 10.9 Å². The average Bonchev–Trinajstić information content (AvgIpc) is 2.97. The zero-order chi connectivity index (χ0) is 15.3. The molecular weight excluding hydrogens is 266 g/mol. The molecule has 1 aromatic rings. The minimum Gasteiger partial charge on any atom is -0.380 e. The SMILES string of the molecule is CN=C(NCCCn1cccn1)NCCOCCC(C)C. The minimum atomic E-state index is 0.696. The molecule has 0 aliphatic carbocycles. The summed E-state index contributed by atoms with van der Waals surface area (Å²) in [6.45, 7) is 8.50. The van der Waals surface area contributed by atoms with Gasteiger partial charge in [0.25, 0.3) is 0 Å². The Labute approximate surface area is 128 Å². The van der Waals surface area contributed by atoms with Crippen LogP contribution < -0.4 is 10.6 Å². The molecule has 0 unspecified atom stereocenters. The number of nitrogens with zero attached hydrogens (tertiary/aromatic N) is 3. The maximum Gasteiger partial charge on any atom is 0.191 e. The van der Waals surface area contributed by atoms with Crippen LogP contribution in [-0.2, 0) is 11.3 Å². The summed E-state index contributed by atoms with van der Waals surface area (Å²) in [6.07, 6.45) is 5.89. The Bertz CT molecular complexity index is 375. The smallest absolute Gasteiger partial charge is 0.191 e. The Hall–Kier alpha value is -1.56. The molecule has 0 aromatic carbocycles. The number of ether oxygens (including phenoxy) is 1. The van der Waals surface area contributed by atoms with Crippen molar-refractivity contribution in [3.63, 3.8) is 0 Å². The van der Waals surface area contributed by atoms with Crippen molar-refractivity contribution in [2.75, 3.05) is 33.4 Å². The third-order valence-corrected chi connectivity index (χ3v) is 3.02. The molecule has 0 saturated carbocycles. The quantitative estimate of drug-likeness (QED) is 0.390. The van der Waals surface area contributed by atoms with Gasteiger partial charge in [0.15, 0.2) is 5.96 Å². The van der Waals surface area contributed by atoms with Gasteiger partial charge in [0.1, 0.15) is 0 Å². The molecule has 0 bridgehead atoms. The topological polar surface area (TPSA) is 63.5 Å². The van der Waals surface area contributed by atoms with Gasteiger partial charge in [-0.15, -0.1) is 0 Å². The van der Waals surface area contributed by atoms with Crippen molar-refractivity contribution in [1.29, 1.82) is 0 Å². The van der Waals surface area contributed by atoms with Crippen LogP contribution in [0.25, 0.3) is 0 Å². The lowest BCUT2D eigenvalue weighted by Crippen LogP contribution is -2.39. The van der Waals surface area contributed by atoms with Gasteiger partial charge in [-0.05, 0) is 24.8 Å². The van der Waals surface area contributed by atoms with Gasteiger partial charge in [-0.1, -0.05) is 13.8 Å². The molecule has 0 radical (unpaired) electrons. The van der Waals surface area contributed by atoms with Gasteiger partial charge in [-0.2, -0.15) is 5.10 Å². The Morgan fingerprint density at radius 2 is 2.10 bits per heavy atom. The fourth-order valence-corrected chi connectivity index (χ4v) is 1.76. The van der Waals surface area contributed by atoms with Crippen molar-refractivity contribution < 1.29 is 4.74 Å². The number of hydrogen-bond donors (Lipinski definition) is 2. The van der Waals surface area contributed by atoms with Gasteiger partial charge in [-0.3, -0.25) is 9.67 Å². The van der Waals surface area contributed by atoms with Gasteiger partial charge in [0, 0.05) is 45.7 Å². The van der Waals surface area contributed by atoms with Crippen LogP contribution in [0.2, 0.25) is 0 Å². The second-order valence-electron chi connectivity index (χ2n) is 5.34. The summed E-state index contributed by atoms with van der Waals surface area (Å²) in [5, 5.41) is 10.7. The van der Waals surface area contributed by atoms with E-state index in [1.165, 1.54) is 0 Å². The number of rotatable bonds is 10. The van der Waals surface area contributed by atoms with Crippen molar-refractivity contribution in [1.82, 2.24) is 20.4 Å². The molecule has 2 N–H and O–H groups in total. The summed E-state index contributed by atoms with van der Waals surface area (Å²) in [7, 11) is 1.78. The van der Waals surface area contributed by atoms with Crippen LogP contribution in [0, 0.1) is 5.92 Å². The highest BCUT2D eigenvalue weighted by atomic mass is 16.5. The second-order valence-corrected chi connectivity index (χ2v) is 5.34. The van der Waals surface area contributed by atoms with Crippen LogP contribution in [0.5, 0.6) is 0 Å². The molecule has 0 fully saturated rings. The van der Waals surface area contributed by atoms with Crippen LogP contribution in [0.1, 0.15) is 26.7 Å². The van der Waals surface area contributed by atoms with E-state index in [1.807, 2.05) is 16.9 Å². The molecule has 120 valence electrons. The lowest BCUT2D eigenvalue weighted by Gasteiger charge is -2.12. The number of aliphatic imine (C=N–C) groups is 1. The summed E-state index contributed by atoms with van der Waals surface area (Å²) >= 11 is 0. The zero-order valence-corrected chi connectivity index (χ0v) is 13.5. The first-order chi connectivity index (χ1) is 10.2. The van der Waals surface area contributed by atoms with E-state index in [0.717, 1.165) is 45.0 Å². The second kappa shape index (κ2) is 11.1. The third kappa shape index (κ3) is 9.07. The Morgan fingerprint density at radius 3 is 2.76 bits per heavy atom. The van der Waals surface area contributed by atoms with Crippen LogP contribution >= 0.6 is 0 Å². The van der Waals surface area contributed by atoms with Gasteiger partial charge in [-0.25, -0.2) is 0 Å². The predicted octanol–water partition coefficient (Wildman–Crippen LogP) is 1.50. The average molecular weight is 295 g/mol. The summed E-state index contributed by atoms with van der Waals surface area (Å²) in [4.78, 5) is 4.19. The van der Waals surface area contributed by atoms with Crippen LogP contribution in [-0.4, -0.2) is 49.1 Å². The van der Waals surface area contributed by atoms with Gasteiger partial charge in [0.05, 0.1) is 6.61 Å². The number of nitrogens with one attached hydrogen (secondary N) is 2. The first-order valence-electron chi connectivity index (χ1n) is 7.72. The largest absolute Gasteiger partial charge is 0.380 e. The van der Waals surface area contributed by atoms with Crippen molar-refractivity contribution in [2.45, 2.75) is 33.2 Å². The van der Waals surface area contributed by atoms with E-state index < -0.39 is 0 Å². The van der Waals surface area contributed by atoms with Crippen LogP contribution in [0.4, 0.5) is 0 Å². The number of guanidine groups is 1. The van der Waals surface area contributed by atoms with E-state index in [1.54, 1.807) is 13.2 Å². The van der Waals surface area contributed by atoms with Gasteiger partial charge in [0.2, 0.25) is 0 Å². The number of aryl methyl sites for hydroxylation is 1. The fraction of sp³-hybridized carbons (Fsp3) is 0.733. The van der Waals surface area contributed by atoms with Crippen molar-refractivity contribution >= 4 is 5.96 Å². The van der Waals surface area contributed by atoms with Crippen LogP contribution in [0.3, 0.4) is 0 Å². The monoisotopic (exact) mass is 295 g/mol. The summed E-state index contributed by atoms with van der Waals surface area (Å²) < 4.78 is 7.49. The van der Waals surface area contributed by atoms with Crippen molar-refractivity contribution in [3.05, 3.63) is 18.5 Å². The summed E-state index contributed by atoms with van der Waals surface area (Å²) in [5.41, 5.74) is 0. The maximum absolute atomic E-state index is 5.56. The first kappa shape index (κ1) is 17.5. The van der Waals surface area contributed by atoms with Gasteiger partial charge < -0.3 is 15.4 Å². The molecule has 0 aliphatic heterocycles. The molecule has 0 spiro atoms. The highest BCUT2D eigenvalue weighted by Gasteiger charge is 1.98. The normalized spacial score (nSPS) is 11.9. The lowest BCUT2D eigenvalue weighted by molar-refractivity contribution is 0.128. The Balaban J connectivity index is 1.99. The standard InChI is InChI=1S/C15H29N5O/c1-14(2)6-12-21-13-9-18-15(16-3)17-7-4-10-20-11-5-8-19-20/h5,8,11,14H,4,6-7,9-10,12-13H2,1-3H3,(H2,16,17,18). The van der Waals surface area contributed by atoms with Crippen LogP contribution in [0.15, 0.2) is 23.5 Å². The fourth-order valence-electron chi connectivity index (χ4n) is 1.76. The molecular formula is C15H29N5O. The third-order valence-electron chi connectivity index (χ3n) is 3.02. The molecule has 1 aromatic heterocycles. The zero-order valence-electron chi connectivity index (χ0n) is 13.5. The highest BCUT2D eigenvalue weighted by Crippen LogP contribution is 1.98. The van der Waals surface area contributed by atoms with Crippen molar-refractivity contribution in [3.8, 4) is 0 Å². The van der Waals surface area contributed by atoms with Gasteiger partial charge >= 0.3 is 0 Å². The molecule has 6 nitrogen and oxygen atoms in total. The van der Waals surface area contributed by atoms with E-state index in [4.69, 9.17) is 4.74 Å². The molecule has 21 heavy (non-hydrogen) atoms. The van der Waals surface area contributed by atoms with E-state index >= 15 is 0 Å². The van der Waals surface area contributed by atoms with E-state index in [-0.39, 0.29) is 0 Å². The molecule has 0 amide bonds. The maximum atomic E-state index is 5.56. The summed E-state index contributed by atoms with van der Waals surface area (Å²) in [6, 6.07) is 1.94. The molecule has 0 saturated heterocycles. The molecule has 0 atom stereocenters.